The van der Waals surface area contributed by atoms with Crippen LogP contribution in [0.1, 0.15) is 13.3 Å². The van der Waals surface area contributed by atoms with E-state index in [9.17, 15) is 14.5 Å². The summed E-state index contributed by atoms with van der Waals surface area (Å²) < 4.78 is 15.5. The van der Waals surface area contributed by atoms with Gasteiger partial charge in [0.2, 0.25) is 0 Å². The predicted octanol–water partition coefficient (Wildman–Crippen LogP) is -0.555. The molecule has 0 fully saturated rings. The molecule has 0 saturated heterocycles. The van der Waals surface area contributed by atoms with E-state index in [0.717, 1.165) is 11.0 Å². The molecule has 6 nitrogen and oxygen atoms in total. The number of quaternary nitrogens is 1. The minimum Gasteiger partial charge on any atom is -0.545 e. The molecule has 1 N–H and O–H groups in total. The smallest absolute Gasteiger partial charge is 0.180 e. The van der Waals surface area contributed by atoms with Crippen molar-refractivity contribution >= 4 is 14.7 Å². The lowest BCUT2D eigenvalue weighted by Gasteiger charge is -2.22. The number of carbonyl (C=O) groups excluding carboxylic acids is 1. The second kappa shape index (κ2) is 11.4. The van der Waals surface area contributed by atoms with Crippen molar-refractivity contribution in [2.24, 2.45) is 0 Å². The highest BCUT2D eigenvalue weighted by Gasteiger charge is 2.04. The maximum absolute atomic E-state index is 9.94. The normalized spacial score (nSPS) is 12.4. The van der Waals surface area contributed by atoms with Gasteiger partial charge < -0.3 is 24.0 Å². The average molecular weight is 281 g/mol. The third kappa shape index (κ3) is 17.7. The van der Waals surface area contributed by atoms with Crippen LogP contribution in [0.5, 0.6) is 0 Å². The molecule has 0 aliphatic heterocycles. The van der Waals surface area contributed by atoms with Crippen LogP contribution in [-0.4, -0.2) is 56.5 Å². The van der Waals surface area contributed by atoms with Gasteiger partial charge in [-0.05, 0) is 18.9 Å². The van der Waals surface area contributed by atoms with Crippen molar-refractivity contribution in [1.82, 2.24) is 0 Å². The summed E-state index contributed by atoms with van der Waals surface area (Å²) in [4.78, 5) is 9.94. The average Bonchev–Trinajstić information content (AvgIpc) is 2.25. The van der Waals surface area contributed by atoms with E-state index >= 15 is 0 Å². The Kier molecular flexibility index (Phi) is 12.5. The topological polar surface area (TPSA) is 86.7 Å². The van der Waals surface area contributed by atoms with Crippen molar-refractivity contribution in [2.45, 2.75) is 13.3 Å². The number of aliphatic carboxylic acids is 1. The summed E-state index contributed by atoms with van der Waals surface area (Å²) in [6.45, 7) is 2.92. The lowest BCUT2D eigenvalue weighted by molar-refractivity contribution is -0.870. The SMILES string of the molecule is CC(=CCCO)C(=O)[O-].C[N+](C)(C)CCO[PH2]=O. The Hall–Kier alpha value is -0.680. The van der Waals surface area contributed by atoms with Gasteiger partial charge >= 0.3 is 0 Å². The van der Waals surface area contributed by atoms with E-state index in [2.05, 4.69) is 21.1 Å². The fraction of sp³-hybridized carbons (Fsp3) is 0.727. The number of rotatable bonds is 7. The Balaban J connectivity index is 0. The van der Waals surface area contributed by atoms with Gasteiger partial charge in [-0.25, -0.2) is 0 Å². The zero-order chi connectivity index (χ0) is 14.6. The van der Waals surface area contributed by atoms with Crippen LogP contribution >= 0.6 is 8.69 Å². The molecule has 0 amide bonds. The molecule has 0 heterocycles. The molecule has 0 aliphatic carbocycles. The van der Waals surface area contributed by atoms with Crippen LogP contribution in [0.4, 0.5) is 0 Å². The van der Waals surface area contributed by atoms with Crippen molar-refractivity contribution in [3.8, 4) is 0 Å². The monoisotopic (exact) mass is 281 g/mol. The van der Waals surface area contributed by atoms with Crippen LogP contribution in [-0.2, 0) is 13.9 Å². The van der Waals surface area contributed by atoms with E-state index in [1.165, 1.54) is 13.0 Å². The van der Waals surface area contributed by atoms with Crippen molar-refractivity contribution in [3.05, 3.63) is 11.6 Å². The Morgan fingerprint density at radius 2 is 2.00 bits per heavy atom. The molecular weight excluding hydrogens is 257 g/mol. The Morgan fingerprint density at radius 1 is 1.44 bits per heavy atom. The van der Waals surface area contributed by atoms with Gasteiger partial charge in [-0.2, -0.15) is 0 Å². The number of aliphatic hydroxyl groups is 1. The van der Waals surface area contributed by atoms with Crippen LogP contribution in [0, 0.1) is 0 Å². The number of nitrogens with zero attached hydrogens (tertiary/aromatic N) is 1. The van der Waals surface area contributed by atoms with Crippen molar-refractivity contribution in [1.29, 1.82) is 0 Å². The number of hydrogen-bond acceptors (Lipinski definition) is 5. The quantitative estimate of drug-likeness (QED) is 0.293. The number of aliphatic hydroxyl groups excluding tert-OH is 1. The van der Waals surface area contributed by atoms with E-state index in [0.29, 0.717) is 13.0 Å². The molecule has 0 radical (unpaired) electrons. The molecule has 18 heavy (non-hydrogen) atoms. The molecule has 1 atom stereocenters. The van der Waals surface area contributed by atoms with E-state index in [1.807, 2.05) is 0 Å². The Morgan fingerprint density at radius 3 is 2.33 bits per heavy atom. The highest BCUT2D eigenvalue weighted by atomic mass is 31.1. The Bertz CT molecular complexity index is 273. The van der Waals surface area contributed by atoms with Gasteiger partial charge in [0, 0.05) is 6.61 Å². The number of hydrogen-bond donors (Lipinski definition) is 1. The molecule has 0 aromatic heterocycles. The van der Waals surface area contributed by atoms with Crippen molar-refractivity contribution in [3.63, 3.8) is 0 Å². The number of likely N-dealkylation sites (N-methyl/N-ethyl adjacent to an activating group) is 1. The molecular formula is C11H24NO5P. The van der Waals surface area contributed by atoms with Crippen LogP contribution in [0.25, 0.3) is 0 Å². The molecule has 0 saturated carbocycles. The first kappa shape index (κ1) is 19.7. The largest absolute Gasteiger partial charge is 0.545 e. The zero-order valence-corrected chi connectivity index (χ0v) is 12.7. The van der Waals surface area contributed by atoms with Gasteiger partial charge in [0.05, 0.1) is 27.1 Å². The number of carbonyl (C=O) groups is 1. The maximum atomic E-state index is 9.94. The molecule has 0 aliphatic rings. The lowest BCUT2D eigenvalue weighted by atomic mass is 10.2. The highest BCUT2D eigenvalue weighted by molar-refractivity contribution is 7.17. The summed E-state index contributed by atoms with van der Waals surface area (Å²) in [6.07, 6.45) is 1.80. The summed E-state index contributed by atoms with van der Waals surface area (Å²) in [7, 11) is 5.20. The third-order valence-electron chi connectivity index (χ3n) is 1.85. The molecule has 0 spiro atoms. The van der Waals surface area contributed by atoms with Crippen LogP contribution in [0.15, 0.2) is 11.6 Å². The van der Waals surface area contributed by atoms with Crippen LogP contribution < -0.4 is 5.11 Å². The summed E-state index contributed by atoms with van der Waals surface area (Å²) in [5, 5.41) is 18.2. The van der Waals surface area contributed by atoms with E-state index in [-0.39, 0.29) is 12.2 Å². The maximum Gasteiger partial charge on any atom is 0.180 e. The minimum atomic E-state index is -1.18. The Labute approximate surface area is 110 Å². The molecule has 7 heteroatoms. The molecule has 0 aromatic rings. The zero-order valence-electron chi connectivity index (χ0n) is 11.5. The fourth-order valence-corrected chi connectivity index (χ4v) is 0.941. The molecule has 1 unspecified atom stereocenters. The summed E-state index contributed by atoms with van der Waals surface area (Å²) in [6, 6.07) is 0. The molecule has 0 aromatic carbocycles. The van der Waals surface area contributed by atoms with Gasteiger partial charge in [0.1, 0.15) is 13.2 Å². The van der Waals surface area contributed by atoms with Gasteiger partial charge in [-0.1, -0.05) is 6.08 Å². The summed E-state index contributed by atoms with van der Waals surface area (Å²) in [5.74, 6) is -1.18. The van der Waals surface area contributed by atoms with Crippen LogP contribution in [0.3, 0.4) is 0 Å². The van der Waals surface area contributed by atoms with Gasteiger partial charge in [0.25, 0.3) is 0 Å². The van der Waals surface area contributed by atoms with Crippen molar-refractivity contribution < 1.29 is 28.6 Å². The molecule has 0 bridgehead atoms. The minimum absolute atomic E-state index is 0.0232. The van der Waals surface area contributed by atoms with E-state index in [1.54, 1.807) is 0 Å². The van der Waals surface area contributed by atoms with Gasteiger partial charge in [-0.3, -0.25) is 4.57 Å². The fourth-order valence-electron chi connectivity index (χ4n) is 0.739. The standard InChI is InChI=1S/C6H10O3.C5H15NO2P/c1-5(6(8)9)3-2-4-7;1-6(2,3)4-5-8-9-7/h3,7H,2,4H2,1H3,(H,8,9);4-5,9H2,1-3H3/q;+1/p-1. The summed E-state index contributed by atoms with van der Waals surface area (Å²) >= 11 is 0. The predicted molar refractivity (Wildman–Crippen MR) is 69.7 cm³/mol. The van der Waals surface area contributed by atoms with E-state index < -0.39 is 14.7 Å². The molecule has 108 valence electrons. The lowest BCUT2D eigenvalue weighted by Crippen LogP contribution is -2.37. The number of carboxylic acids is 1. The van der Waals surface area contributed by atoms with Gasteiger partial charge in [-0.15, -0.1) is 0 Å². The van der Waals surface area contributed by atoms with E-state index in [4.69, 9.17) is 9.63 Å². The first-order valence-corrected chi connectivity index (χ1v) is 6.53. The number of carboxylic acid groups (broad SMARTS) is 1. The first-order valence-electron chi connectivity index (χ1n) is 5.59. The van der Waals surface area contributed by atoms with Gasteiger partial charge in [0.15, 0.2) is 8.69 Å². The second-order valence-corrected chi connectivity index (χ2v) is 5.19. The third-order valence-corrected chi connectivity index (χ3v) is 2.22. The molecule has 0 rings (SSSR count). The highest BCUT2D eigenvalue weighted by Crippen LogP contribution is 1.96. The van der Waals surface area contributed by atoms with Crippen LogP contribution in [0.2, 0.25) is 0 Å². The van der Waals surface area contributed by atoms with Crippen molar-refractivity contribution in [2.75, 3.05) is 40.9 Å². The summed E-state index contributed by atoms with van der Waals surface area (Å²) in [5.41, 5.74) is 0.170. The second-order valence-electron chi connectivity index (χ2n) is 4.67. The first-order chi connectivity index (χ1) is 8.24.